The van der Waals surface area contributed by atoms with Gasteiger partial charge in [-0.05, 0) is 83.9 Å². The van der Waals surface area contributed by atoms with Crippen LogP contribution in [-0.4, -0.2) is 13.2 Å². The fourth-order valence-corrected chi connectivity index (χ4v) is 4.35. The lowest BCUT2D eigenvalue weighted by molar-refractivity contribution is 0.162. The molecule has 0 unspecified atom stereocenters. The van der Waals surface area contributed by atoms with E-state index in [0.717, 1.165) is 19.4 Å². The molecule has 1 heteroatoms. The highest BCUT2D eigenvalue weighted by Crippen LogP contribution is 2.43. The van der Waals surface area contributed by atoms with Gasteiger partial charge in [-0.15, -0.1) is 6.42 Å². The zero-order valence-electron chi connectivity index (χ0n) is 14.2. The van der Waals surface area contributed by atoms with E-state index in [4.69, 9.17) is 11.2 Å². The Morgan fingerprint density at radius 2 is 1.62 bits per heavy atom. The maximum Gasteiger partial charge on any atom is 0.107 e. The summed E-state index contributed by atoms with van der Waals surface area (Å²) in [5.74, 6) is 2.52. The van der Waals surface area contributed by atoms with E-state index in [0.29, 0.717) is 6.61 Å². The number of aryl methyl sites for hydroxylation is 4. The molecule has 0 heterocycles. The average Bonchev–Trinajstić information content (AvgIpc) is 2.63. The SMILES string of the molecule is C#CCOCCCCc1ccc2c3c1CCc1cccc(c1-3)CC2. The third kappa shape index (κ3) is 2.76. The Bertz CT molecular complexity index is 780. The lowest BCUT2D eigenvalue weighted by Crippen LogP contribution is -2.15. The molecular formula is C23H24O. The van der Waals surface area contributed by atoms with Crippen molar-refractivity contribution in [3.63, 3.8) is 0 Å². The van der Waals surface area contributed by atoms with Crippen LogP contribution in [0.1, 0.15) is 40.7 Å². The molecule has 2 aromatic carbocycles. The number of terminal acetylenes is 1. The molecule has 0 atom stereocenters. The molecule has 0 amide bonds. The highest BCUT2D eigenvalue weighted by molar-refractivity contribution is 5.81. The van der Waals surface area contributed by atoms with Crippen LogP contribution in [0.4, 0.5) is 0 Å². The molecule has 0 saturated heterocycles. The molecule has 0 fully saturated rings. The molecular weight excluding hydrogens is 292 g/mol. The maximum absolute atomic E-state index is 5.39. The summed E-state index contributed by atoms with van der Waals surface area (Å²) >= 11 is 0. The van der Waals surface area contributed by atoms with Crippen molar-refractivity contribution in [2.75, 3.05) is 13.2 Å². The third-order valence-electron chi connectivity index (χ3n) is 5.46. The Morgan fingerprint density at radius 1 is 0.875 bits per heavy atom. The highest BCUT2D eigenvalue weighted by atomic mass is 16.5. The van der Waals surface area contributed by atoms with Gasteiger partial charge < -0.3 is 4.74 Å². The van der Waals surface area contributed by atoms with E-state index in [9.17, 15) is 0 Å². The van der Waals surface area contributed by atoms with Crippen LogP contribution in [0.3, 0.4) is 0 Å². The first-order valence-electron chi connectivity index (χ1n) is 9.14. The third-order valence-corrected chi connectivity index (χ3v) is 5.46. The van der Waals surface area contributed by atoms with Crippen LogP contribution in [-0.2, 0) is 36.8 Å². The molecule has 0 aliphatic heterocycles. The summed E-state index contributed by atoms with van der Waals surface area (Å²) in [5.41, 5.74) is 11.0. The lowest BCUT2D eigenvalue weighted by atomic mass is 9.74. The average molecular weight is 316 g/mol. The van der Waals surface area contributed by atoms with Gasteiger partial charge in [-0.3, -0.25) is 0 Å². The van der Waals surface area contributed by atoms with E-state index in [2.05, 4.69) is 36.3 Å². The second-order valence-electron chi connectivity index (χ2n) is 6.90. The largest absolute Gasteiger partial charge is 0.369 e. The van der Waals surface area contributed by atoms with Gasteiger partial charge in [0.05, 0.1) is 0 Å². The van der Waals surface area contributed by atoms with Gasteiger partial charge in [-0.2, -0.15) is 0 Å². The fourth-order valence-electron chi connectivity index (χ4n) is 4.35. The Labute approximate surface area is 145 Å². The van der Waals surface area contributed by atoms with Crippen molar-refractivity contribution < 1.29 is 4.74 Å². The number of hydrogen-bond donors (Lipinski definition) is 0. The van der Waals surface area contributed by atoms with Crippen molar-refractivity contribution in [2.45, 2.75) is 44.9 Å². The molecule has 0 bridgehead atoms. The van der Waals surface area contributed by atoms with Crippen LogP contribution in [0.5, 0.6) is 0 Å². The zero-order chi connectivity index (χ0) is 16.4. The van der Waals surface area contributed by atoms with Crippen molar-refractivity contribution in [3.8, 4) is 23.5 Å². The molecule has 122 valence electrons. The molecule has 0 aromatic heterocycles. The van der Waals surface area contributed by atoms with Gasteiger partial charge >= 0.3 is 0 Å². The highest BCUT2D eigenvalue weighted by Gasteiger charge is 2.26. The minimum absolute atomic E-state index is 0.434. The Kier molecular flexibility index (Phi) is 4.41. The number of ether oxygens (including phenoxy) is 1. The molecule has 2 aromatic rings. The topological polar surface area (TPSA) is 9.23 Å². The van der Waals surface area contributed by atoms with E-state index in [1.165, 1.54) is 32.1 Å². The zero-order valence-corrected chi connectivity index (χ0v) is 14.2. The fraction of sp³-hybridized carbons (Fsp3) is 0.391. The van der Waals surface area contributed by atoms with E-state index in [1.807, 2.05) is 0 Å². The molecule has 0 spiro atoms. The Balaban J connectivity index is 1.57. The van der Waals surface area contributed by atoms with E-state index < -0.39 is 0 Å². The predicted octanol–water partition coefficient (Wildman–Crippen LogP) is 4.52. The van der Waals surface area contributed by atoms with Gasteiger partial charge in [-0.25, -0.2) is 0 Å². The summed E-state index contributed by atoms with van der Waals surface area (Å²) in [5, 5.41) is 0. The van der Waals surface area contributed by atoms with Crippen LogP contribution < -0.4 is 0 Å². The second-order valence-corrected chi connectivity index (χ2v) is 6.90. The van der Waals surface area contributed by atoms with Crippen molar-refractivity contribution in [2.24, 2.45) is 0 Å². The van der Waals surface area contributed by atoms with Gasteiger partial charge in [0.2, 0.25) is 0 Å². The molecule has 1 nitrogen and oxygen atoms in total. The summed E-state index contributed by atoms with van der Waals surface area (Å²) in [7, 11) is 0. The minimum atomic E-state index is 0.434. The van der Waals surface area contributed by atoms with Crippen LogP contribution in [0.2, 0.25) is 0 Å². The maximum atomic E-state index is 5.39. The number of unbranched alkanes of at least 4 members (excludes halogenated alkanes) is 1. The Hall–Kier alpha value is -2.04. The van der Waals surface area contributed by atoms with E-state index in [1.54, 1.807) is 38.9 Å². The summed E-state index contributed by atoms with van der Waals surface area (Å²) in [6.45, 7) is 1.21. The lowest BCUT2D eigenvalue weighted by Gasteiger charge is -2.30. The van der Waals surface area contributed by atoms with Crippen LogP contribution in [0.25, 0.3) is 11.1 Å². The molecule has 24 heavy (non-hydrogen) atoms. The molecule has 0 radical (unpaired) electrons. The van der Waals surface area contributed by atoms with E-state index in [-0.39, 0.29) is 0 Å². The molecule has 2 aliphatic carbocycles. The standard InChI is InChI=1S/C23H24O/c1-2-15-24-16-4-3-6-17-9-10-20-12-11-18-7-5-8-19-13-14-21(17)23(20)22(18)19/h1,5,7-10H,3-4,6,11-16H2. The van der Waals surface area contributed by atoms with Crippen molar-refractivity contribution in [1.29, 1.82) is 0 Å². The molecule has 0 N–H and O–H groups in total. The Morgan fingerprint density at radius 3 is 2.42 bits per heavy atom. The number of rotatable bonds is 6. The van der Waals surface area contributed by atoms with Crippen molar-refractivity contribution in [1.82, 2.24) is 0 Å². The number of hydrogen-bond acceptors (Lipinski definition) is 1. The summed E-state index contributed by atoms with van der Waals surface area (Å²) in [6.07, 6.45) is 13.4. The van der Waals surface area contributed by atoms with Crippen molar-refractivity contribution in [3.05, 3.63) is 58.1 Å². The first-order valence-corrected chi connectivity index (χ1v) is 9.14. The minimum Gasteiger partial charge on any atom is -0.369 e. The molecule has 0 saturated carbocycles. The second kappa shape index (κ2) is 6.83. The van der Waals surface area contributed by atoms with Gasteiger partial charge in [0.25, 0.3) is 0 Å². The molecule has 2 aliphatic rings. The predicted molar refractivity (Wildman–Crippen MR) is 99.3 cm³/mol. The van der Waals surface area contributed by atoms with Crippen LogP contribution >= 0.6 is 0 Å². The van der Waals surface area contributed by atoms with Gasteiger partial charge in [0, 0.05) is 6.61 Å². The quantitative estimate of drug-likeness (QED) is 0.562. The van der Waals surface area contributed by atoms with Gasteiger partial charge in [0.15, 0.2) is 0 Å². The summed E-state index contributed by atoms with van der Waals surface area (Å²) in [4.78, 5) is 0. The van der Waals surface area contributed by atoms with Crippen molar-refractivity contribution >= 4 is 0 Å². The van der Waals surface area contributed by atoms with Crippen LogP contribution in [0, 0.1) is 12.3 Å². The van der Waals surface area contributed by atoms with Gasteiger partial charge in [0.1, 0.15) is 6.61 Å². The first-order chi connectivity index (χ1) is 11.9. The molecule has 4 rings (SSSR count). The monoisotopic (exact) mass is 316 g/mol. The van der Waals surface area contributed by atoms with Crippen LogP contribution in [0.15, 0.2) is 30.3 Å². The summed E-state index contributed by atoms with van der Waals surface area (Å²) in [6, 6.07) is 11.7. The smallest absolute Gasteiger partial charge is 0.107 e. The first kappa shape index (κ1) is 15.5. The summed E-state index contributed by atoms with van der Waals surface area (Å²) < 4.78 is 5.39. The van der Waals surface area contributed by atoms with E-state index >= 15 is 0 Å². The van der Waals surface area contributed by atoms with Gasteiger partial charge in [-0.1, -0.05) is 36.3 Å². The number of benzene rings is 2. The normalized spacial score (nSPS) is 14.1.